The first-order chi connectivity index (χ1) is 9.08. The van der Waals surface area contributed by atoms with Gasteiger partial charge >= 0.3 is 0 Å². The molecule has 1 aliphatic rings. The topological polar surface area (TPSA) is 49.6 Å². The highest BCUT2D eigenvalue weighted by atomic mass is 16.5. The van der Waals surface area contributed by atoms with E-state index in [1.165, 1.54) is 0 Å². The van der Waals surface area contributed by atoms with Crippen LogP contribution >= 0.6 is 0 Å². The van der Waals surface area contributed by atoms with Gasteiger partial charge in [-0.15, -0.1) is 0 Å². The minimum atomic E-state index is 0.265. The number of carbonyl (C=O) groups is 1. The molecule has 0 aliphatic carbocycles. The summed E-state index contributed by atoms with van der Waals surface area (Å²) in [6.45, 7) is 4.70. The van der Waals surface area contributed by atoms with Gasteiger partial charge in [0.15, 0.2) is 5.76 Å². The number of nitrogens with zero attached hydrogens (tertiary/aromatic N) is 3. The lowest BCUT2D eigenvalue weighted by Gasteiger charge is -2.32. The van der Waals surface area contributed by atoms with Crippen molar-refractivity contribution in [1.29, 1.82) is 0 Å². The molecule has 0 saturated carbocycles. The van der Waals surface area contributed by atoms with Gasteiger partial charge in [-0.05, 0) is 25.8 Å². The number of piperidine rings is 1. The van der Waals surface area contributed by atoms with Crippen LogP contribution in [0.1, 0.15) is 31.2 Å². The van der Waals surface area contributed by atoms with Crippen molar-refractivity contribution in [3.63, 3.8) is 0 Å². The average molecular weight is 265 g/mol. The Hall–Kier alpha value is -1.36. The summed E-state index contributed by atoms with van der Waals surface area (Å²) in [4.78, 5) is 15.5. The minimum Gasteiger partial charge on any atom is -0.360 e. The third-order valence-electron chi connectivity index (χ3n) is 3.69. The molecule has 19 heavy (non-hydrogen) atoms. The van der Waals surface area contributed by atoms with Crippen LogP contribution in [0, 0.1) is 5.92 Å². The SMILES string of the molecule is CCc1cc(CN(C)CC2CCC(=O)N(C)C2)on1. The Bertz CT molecular complexity index is 430. The van der Waals surface area contributed by atoms with Crippen molar-refractivity contribution in [3.8, 4) is 0 Å². The number of amides is 1. The van der Waals surface area contributed by atoms with Crippen LogP contribution < -0.4 is 0 Å². The molecule has 5 heteroatoms. The van der Waals surface area contributed by atoms with Crippen LogP contribution in [0.2, 0.25) is 0 Å². The largest absolute Gasteiger partial charge is 0.360 e. The van der Waals surface area contributed by atoms with Gasteiger partial charge in [-0.1, -0.05) is 12.1 Å². The van der Waals surface area contributed by atoms with Crippen molar-refractivity contribution in [2.45, 2.75) is 32.7 Å². The third-order valence-corrected chi connectivity index (χ3v) is 3.69. The molecule has 1 amide bonds. The lowest BCUT2D eigenvalue weighted by atomic mass is 9.97. The fraction of sp³-hybridized carbons (Fsp3) is 0.714. The normalized spacial score (nSPS) is 20.3. The first kappa shape index (κ1) is 14.1. The van der Waals surface area contributed by atoms with Crippen molar-refractivity contribution in [1.82, 2.24) is 15.0 Å². The van der Waals surface area contributed by atoms with Crippen molar-refractivity contribution < 1.29 is 9.32 Å². The van der Waals surface area contributed by atoms with Crippen LogP contribution in [0.5, 0.6) is 0 Å². The molecule has 2 rings (SSSR count). The molecule has 0 N–H and O–H groups in total. The first-order valence-electron chi connectivity index (χ1n) is 6.95. The molecule has 0 aromatic carbocycles. The molecule has 2 heterocycles. The molecule has 1 aromatic rings. The average Bonchev–Trinajstić information content (AvgIpc) is 2.81. The van der Waals surface area contributed by atoms with Crippen molar-refractivity contribution >= 4 is 5.91 Å². The molecule has 106 valence electrons. The van der Waals surface area contributed by atoms with E-state index in [0.717, 1.165) is 43.9 Å². The van der Waals surface area contributed by atoms with Gasteiger partial charge in [0.2, 0.25) is 5.91 Å². The Morgan fingerprint density at radius 3 is 3.00 bits per heavy atom. The molecule has 1 saturated heterocycles. The van der Waals surface area contributed by atoms with Crippen LogP contribution in [0.3, 0.4) is 0 Å². The summed E-state index contributed by atoms with van der Waals surface area (Å²) in [7, 11) is 3.98. The molecule has 1 unspecified atom stereocenters. The van der Waals surface area contributed by atoms with Crippen LogP contribution in [0.15, 0.2) is 10.6 Å². The van der Waals surface area contributed by atoms with Gasteiger partial charge in [0.1, 0.15) is 0 Å². The van der Waals surface area contributed by atoms with Crippen LogP contribution in [-0.2, 0) is 17.8 Å². The number of likely N-dealkylation sites (tertiary alicyclic amines) is 1. The molecule has 1 fully saturated rings. The second-order valence-electron chi connectivity index (χ2n) is 5.51. The molecule has 1 aromatic heterocycles. The summed E-state index contributed by atoms with van der Waals surface area (Å²) in [5, 5.41) is 4.00. The van der Waals surface area contributed by atoms with Gasteiger partial charge in [0, 0.05) is 32.6 Å². The maximum absolute atomic E-state index is 11.4. The van der Waals surface area contributed by atoms with Crippen molar-refractivity contribution in [2.75, 3.05) is 27.2 Å². The van der Waals surface area contributed by atoms with Gasteiger partial charge in [0.05, 0.1) is 12.2 Å². The lowest BCUT2D eigenvalue weighted by Crippen LogP contribution is -2.41. The minimum absolute atomic E-state index is 0.265. The molecule has 0 spiro atoms. The van der Waals surface area contributed by atoms with Gasteiger partial charge < -0.3 is 9.42 Å². The number of hydrogen-bond acceptors (Lipinski definition) is 4. The number of rotatable bonds is 5. The number of aromatic nitrogens is 1. The van der Waals surface area contributed by atoms with E-state index >= 15 is 0 Å². The molecule has 0 bridgehead atoms. The maximum atomic E-state index is 11.4. The fourth-order valence-corrected chi connectivity index (χ4v) is 2.62. The molecular weight excluding hydrogens is 242 g/mol. The zero-order chi connectivity index (χ0) is 13.8. The van der Waals surface area contributed by atoms with Gasteiger partial charge in [0.25, 0.3) is 0 Å². The van der Waals surface area contributed by atoms with Crippen LogP contribution in [0.4, 0.5) is 0 Å². The van der Waals surface area contributed by atoms with Gasteiger partial charge in [-0.25, -0.2) is 0 Å². The Balaban J connectivity index is 1.80. The molecule has 1 atom stereocenters. The van der Waals surface area contributed by atoms with Crippen LogP contribution in [-0.4, -0.2) is 48.0 Å². The van der Waals surface area contributed by atoms with E-state index in [1.54, 1.807) is 0 Å². The van der Waals surface area contributed by atoms with Gasteiger partial charge in [-0.2, -0.15) is 0 Å². The quantitative estimate of drug-likeness (QED) is 0.810. The number of carbonyl (C=O) groups excluding carboxylic acids is 1. The Morgan fingerprint density at radius 2 is 2.37 bits per heavy atom. The third kappa shape index (κ3) is 3.80. The predicted molar refractivity (Wildman–Crippen MR) is 72.6 cm³/mol. The molecule has 0 radical (unpaired) electrons. The zero-order valence-electron chi connectivity index (χ0n) is 12.1. The van der Waals surface area contributed by atoms with Gasteiger partial charge in [-0.3, -0.25) is 9.69 Å². The highest BCUT2D eigenvalue weighted by Crippen LogP contribution is 2.18. The summed E-state index contributed by atoms with van der Waals surface area (Å²) >= 11 is 0. The maximum Gasteiger partial charge on any atom is 0.222 e. The lowest BCUT2D eigenvalue weighted by molar-refractivity contribution is -0.133. The van der Waals surface area contributed by atoms with Crippen molar-refractivity contribution in [3.05, 3.63) is 17.5 Å². The van der Waals surface area contributed by atoms with E-state index in [4.69, 9.17) is 4.52 Å². The Kier molecular flexibility index (Phi) is 4.58. The van der Waals surface area contributed by atoms with Crippen molar-refractivity contribution in [2.24, 2.45) is 5.92 Å². The highest BCUT2D eigenvalue weighted by molar-refractivity contribution is 5.76. The first-order valence-corrected chi connectivity index (χ1v) is 6.95. The number of hydrogen-bond donors (Lipinski definition) is 0. The smallest absolute Gasteiger partial charge is 0.222 e. The fourth-order valence-electron chi connectivity index (χ4n) is 2.62. The summed E-state index contributed by atoms with van der Waals surface area (Å²) in [6, 6.07) is 2.02. The summed E-state index contributed by atoms with van der Waals surface area (Å²) in [6.07, 6.45) is 2.57. The van der Waals surface area contributed by atoms with E-state index < -0.39 is 0 Å². The number of aryl methyl sites for hydroxylation is 1. The second kappa shape index (κ2) is 6.19. The highest BCUT2D eigenvalue weighted by Gasteiger charge is 2.23. The van der Waals surface area contributed by atoms with E-state index in [0.29, 0.717) is 12.3 Å². The Labute approximate surface area is 114 Å². The summed E-state index contributed by atoms with van der Waals surface area (Å²) in [5.74, 6) is 1.74. The van der Waals surface area contributed by atoms with Crippen LogP contribution in [0.25, 0.3) is 0 Å². The standard InChI is InChI=1S/C14H23N3O2/c1-4-12-7-13(19-15-12)10-16(2)8-11-5-6-14(18)17(3)9-11/h7,11H,4-6,8-10H2,1-3H3. The van der Waals surface area contributed by atoms with E-state index in [-0.39, 0.29) is 5.91 Å². The van der Waals surface area contributed by atoms with E-state index in [1.807, 2.05) is 18.0 Å². The summed E-state index contributed by atoms with van der Waals surface area (Å²) in [5.41, 5.74) is 1.01. The second-order valence-corrected chi connectivity index (χ2v) is 5.51. The molecular formula is C14H23N3O2. The molecule has 5 nitrogen and oxygen atoms in total. The Morgan fingerprint density at radius 1 is 1.58 bits per heavy atom. The monoisotopic (exact) mass is 265 g/mol. The van der Waals surface area contributed by atoms with E-state index in [9.17, 15) is 4.79 Å². The van der Waals surface area contributed by atoms with E-state index in [2.05, 4.69) is 24.0 Å². The summed E-state index contributed by atoms with van der Waals surface area (Å²) < 4.78 is 5.30. The zero-order valence-corrected chi connectivity index (χ0v) is 12.1. The predicted octanol–water partition coefficient (Wildman–Crippen LogP) is 1.54. The molecule has 1 aliphatic heterocycles.